The first-order valence-electron chi connectivity index (χ1n) is 11.0. The zero-order valence-corrected chi connectivity index (χ0v) is 19.5. The number of unbranched alkanes of at least 4 members (excludes halogenated alkanes) is 1. The lowest BCUT2D eigenvalue weighted by Crippen LogP contribution is -2.48. The van der Waals surface area contributed by atoms with Crippen LogP contribution in [0.3, 0.4) is 0 Å². The topological polar surface area (TPSA) is 87.7 Å². The fourth-order valence-corrected chi connectivity index (χ4v) is 3.80. The van der Waals surface area contributed by atoms with Crippen LogP contribution in [0.25, 0.3) is 0 Å². The van der Waals surface area contributed by atoms with E-state index in [-0.39, 0.29) is 17.2 Å². The highest BCUT2D eigenvalue weighted by Crippen LogP contribution is 2.33. The average Bonchev–Trinajstić information content (AvgIpc) is 2.83. The van der Waals surface area contributed by atoms with Crippen LogP contribution in [0, 0.1) is 0 Å². The molecule has 1 aliphatic heterocycles. The molecule has 186 valence electrons. The summed E-state index contributed by atoms with van der Waals surface area (Å²) >= 11 is 0. The molecular formula is C25H26F3N3O4. The van der Waals surface area contributed by atoms with Crippen LogP contribution in [-0.4, -0.2) is 36.5 Å². The van der Waals surface area contributed by atoms with Gasteiger partial charge in [0.25, 0.3) is 5.91 Å². The standard InChI is InChI=1S/C25H26F3N3O4/c1-4-5-13-31-15(2)20(23(33)35-3)21(30-24(31)34)17-7-6-8-19(14-17)29-22(32)16-9-11-18(12-10-16)25(26,27)28/h6-12,14,21H,4-5,13H2,1-3H3,(H,29,32)(H,30,34). The van der Waals surface area contributed by atoms with E-state index in [1.165, 1.54) is 12.0 Å². The monoisotopic (exact) mass is 489 g/mol. The molecule has 7 nitrogen and oxygen atoms in total. The molecule has 0 saturated heterocycles. The van der Waals surface area contributed by atoms with E-state index in [9.17, 15) is 27.6 Å². The lowest BCUT2D eigenvalue weighted by molar-refractivity contribution is -0.138. The third kappa shape index (κ3) is 5.82. The molecule has 1 aliphatic rings. The molecule has 0 saturated carbocycles. The molecule has 2 aromatic rings. The second-order valence-corrected chi connectivity index (χ2v) is 8.03. The number of carbonyl (C=O) groups excluding carboxylic acids is 3. The fourth-order valence-electron chi connectivity index (χ4n) is 3.80. The Bertz CT molecular complexity index is 1140. The zero-order chi connectivity index (χ0) is 25.8. The minimum Gasteiger partial charge on any atom is -0.466 e. The van der Waals surface area contributed by atoms with Gasteiger partial charge in [0.2, 0.25) is 0 Å². The predicted octanol–water partition coefficient (Wildman–Crippen LogP) is 5.27. The molecule has 0 spiro atoms. The number of alkyl halides is 3. The summed E-state index contributed by atoms with van der Waals surface area (Å²) in [6.07, 6.45) is -2.87. The van der Waals surface area contributed by atoms with Gasteiger partial charge in [0, 0.05) is 23.5 Å². The molecule has 2 N–H and O–H groups in total. The first-order valence-corrected chi connectivity index (χ1v) is 11.0. The molecule has 2 aromatic carbocycles. The Kier molecular flexibility index (Phi) is 7.83. The maximum Gasteiger partial charge on any atom is 0.416 e. The van der Waals surface area contributed by atoms with Crippen LogP contribution in [0.1, 0.15) is 54.2 Å². The van der Waals surface area contributed by atoms with E-state index in [0.29, 0.717) is 23.5 Å². The minimum absolute atomic E-state index is 0.0481. The lowest BCUT2D eigenvalue weighted by Gasteiger charge is -2.35. The number of esters is 1. The highest BCUT2D eigenvalue weighted by Gasteiger charge is 2.36. The van der Waals surface area contributed by atoms with Crippen molar-refractivity contribution in [1.82, 2.24) is 10.2 Å². The lowest BCUT2D eigenvalue weighted by atomic mass is 9.94. The number of benzene rings is 2. The molecule has 10 heteroatoms. The normalized spacial score (nSPS) is 16.1. The van der Waals surface area contributed by atoms with Crippen molar-refractivity contribution in [3.8, 4) is 0 Å². The van der Waals surface area contributed by atoms with Gasteiger partial charge in [-0.25, -0.2) is 9.59 Å². The van der Waals surface area contributed by atoms with E-state index in [2.05, 4.69) is 10.6 Å². The minimum atomic E-state index is -4.50. The van der Waals surface area contributed by atoms with Crippen LogP contribution in [0.4, 0.5) is 23.7 Å². The Morgan fingerprint density at radius 3 is 2.43 bits per heavy atom. The largest absolute Gasteiger partial charge is 0.466 e. The molecule has 0 fully saturated rings. The van der Waals surface area contributed by atoms with Gasteiger partial charge in [-0.15, -0.1) is 0 Å². The first-order chi connectivity index (χ1) is 16.6. The summed E-state index contributed by atoms with van der Waals surface area (Å²) in [6, 6.07) is 9.21. The molecule has 1 heterocycles. The summed E-state index contributed by atoms with van der Waals surface area (Å²) in [5.41, 5.74) is 0.824. The number of halogens is 3. The SMILES string of the molecule is CCCCN1C(=O)NC(c2cccc(NC(=O)c3ccc(C(F)(F)F)cc3)c2)C(C(=O)OC)=C1C. The molecule has 0 bridgehead atoms. The molecule has 3 amide bonds. The Hall–Kier alpha value is -3.82. The van der Waals surface area contributed by atoms with E-state index in [1.54, 1.807) is 31.2 Å². The third-order valence-electron chi connectivity index (χ3n) is 5.69. The second-order valence-electron chi connectivity index (χ2n) is 8.03. The number of carbonyl (C=O) groups is 3. The molecular weight excluding hydrogens is 463 g/mol. The Labute approximate surface area is 200 Å². The number of ether oxygens (including phenoxy) is 1. The summed E-state index contributed by atoms with van der Waals surface area (Å²) in [5.74, 6) is -1.19. The van der Waals surface area contributed by atoms with Crippen LogP contribution in [-0.2, 0) is 15.7 Å². The van der Waals surface area contributed by atoms with E-state index in [1.807, 2.05) is 6.92 Å². The van der Waals surface area contributed by atoms with Crippen molar-refractivity contribution in [3.05, 3.63) is 76.5 Å². The fraction of sp³-hybridized carbons (Fsp3) is 0.320. The van der Waals surface area contributed by atoms with E-state index < -0.39 is 29.7 Å². The number of rotatable bonds is 7. The van der Waals surface area contributed by atoms with Crippen molar-refractivity contribution in [1.29, 1.82) is 0 Å². The van der Waals surface area contributed by atoms with Gasteiger partial charge < -0.3 is 15.4 Å². The molecule has 0 radical (unpaired) electrons. The van der Waals surface area contributed by atoms with E-state index in [0.717, 1.165) is 37.1 Å². The number of hydrogen-bond donors (Lipinski definition) is 2. The van der Waals surface area contributed by atoms with Crippen LogP contribution in [0.2, 0.25) is 0 Å². The highest BCUT2D eigenvalue weighted by atomic mass is 19.4. The van der Waals surface area contributed by atoms with Gasteiger partial charge in [0.05, 0.1) is 24.3 Å². The number of anilines is 1. The van der Waals surface area contributed by atoms with Gasteiger partial charge >= 0.3 is 18.2 Å². The van der Waals surface area contributed by atoms with Crippen molar-refractivity contribution >= 4 is 23.6 Å². The van der Waals surface area contributed by atoms with Crippen molar-refractivity contribution in [2.75, 3.05) is 19.0 Å². The van der Waals surface area contributed by atoms with Gasteiger partial charge in [-0.05, 0) is 55.3 Å². The molecule has 1 unspecified atom stereocenters. The summed E-state index contributed by atoms with van der Waals surface area (Å²) in [7, 11) is 1.26. The van der Waals surface area contributed by atoms with Crippen LogP contribution < -0.4 is 10.6 Å². The van der Waals surface area contributed by atoms with Crippen LogP contribution in [0.15, 0.2) is 59.8 Å². The van der Waals surface area contributed by atoms with Crippen molar-refractivity contribution < 1.29 is 32.3 Å². The third-order valence-corrected chi connectivity index (χ3v) is 5.69. The number of hydrogen-bond acceptors (Lipinski definition) is 4. The second kappa shape index (κ2) is 10.6. The molecule has 0 aliphatic carbocycles. The summed E-state index contributed by atoms with van der Waals surface area (Å²) < 4.78 is 43.3. The van der Waals surface area contributed by atoms with Crippen molar-refractivity contribution in [2.24, 2.45) is 0 Å². The Balaban J connectivity index is 1.87. The molecule has 0 aromatic heterocycles. The van der Waals surface area contributed by atoms with Crippen LogP contribution in [0.5, 0.6) is 0 Å². The predicted molar refractivity (Wildman–Crippen MR) is 123 cm³/mol. The summed E-state index contributed by atoms with van der Waals surface area (Å²) in [6.45, 7) is 4.13. The maximum absolute atomic E-state index is 12.8. The zero-order valence-electron chi connectivity index (χ0n) is 19.5. The number of allylic oxidation sites excluding steroid dienone is 1. The number of nitrogens with zero attached hydrogens (tertiary/aromatic N) is 1. The summed E-state index contributed by atoms with van der Waals surface area (Å²) in [4.78, 5) is 39.5. The van der Waals surface area contributed by atoms with Gasteiger partial charge in [-0.1, -0.05) is 25.5 Å². The molecule has 1 atom stereocenters. The first kappa shape index (κ1) is 25.8. The van der Waals surface area contributed by atoms with E-state index >= 15 is 0 Å². The number of methoxy groups -OCH3 is 1. The Morgan fingerprint density at radius 1 is 1.14 bits per heavy atom. The number of nitrogens with one attached hydrogen (secondary N) is 2. The summed E-state index contributed by atoms with van der Waals surface area (Å²) in [5, 5.41) is 5.47. The molecule has 35 heavy (non-hydrogen) atoms. The van der Waals surface area contributed by atoms with Crippen molar-refractivity contribution in [3.63, 3.8) is 0 Å². The van der Waals surface area contributed by atoms with Crippen molar-refractivity contribution in [2.45, 2.75) is 38.9 Å². The smallest absolute Gasteiger partial charge is 0.416 e. The van der Waals surface area contributed by atoms with Gasteiger partial charge in [-0.2, -0.15) is 13.2 Å². The quantitative estimate of drug-likeness (QED) is 0.519. The van der Waals surface area contributed by atoms with E-state index in [4.69, 9.17) is 4.74 Å². The Morgan fingerprint density at radius 2 is 1.83 bits per heavy atom. The van der Waals surface area contributed by atoms with Crippen LogP contribution >= 0.6 is 0 Å². The molecule has 3 rings (SSSR count). The van der Waals surface area contributed by atoms with Gasteiger partial charge in [0.15, 0.2) is 0 Å². The van der Waals surface area contributed by atoms with Gasteiger partial charge in [0.1, 0.15) is 0 Å². The van der Waals surface area contributed by atoms with Gasteiger partial charge in [-0.3, -0.25) is 9.69 Å². The average molecular weight is 489 g/mol. The number of urea groups is 1. The highest BCUT2D eigenvalue weighted by molar-refractivity contribution is 6.04. The maximum atomic E-state index is 12.8. The number of amides is 3.